The van der Waals surface area contributed by atoms with Crippen LogP contribution in [0.25, 0.3) is 10.2 Å². The summed E-state index contributed by atoms with van der Waals surface area (Å²) in [5, 5.41) is 0. The van der Waals surface area contributed by atoms with Crippen LogP contribution in [0.3, 0.4) is 0 Å². The SMILES string of the molecule is COc1ccc2c(c1)sc(=NC(=O)c1ccc(Br)s1)n2C. The standard InChI is InChI=1S/C14H11BrN2O2S2/c1-17-9-4-3-8(19-2)7-11(9)21-14(17)16-13(18)10-5-6-12(15)20-10/h3-7H,1-2H3. The third-order valence-electron chi connectivity index (χ3n) is 3.00. The number of fused-ring (bicyclic) bond motifs is 1. The molecule has 3 aromatic rings. The van der Waals surface area contributed by atoms with Crippen LogP contribution in [0.4, 0.5) is 0 Å². The Bertz CT molecular complexity index is 892. The molecule has 0 aliphatic rings. The van der Waals surface area contributed by atoms with E-state index in [0.29, 0.717) is 9.68 Å². The fraction of sp³-hybridized carbons (Fsp3) is 0.143. The molecule has 0 unspecified atom stereocenters. The van der Waals surface area contributed by atoms with Crippen molar-refractivity contribution < 1.29 is 9.53 Å². The van der Waals surface area contributed by atoms with E-state index < -0.39 is 0 Å². The third-order valence-corrected chi connectivity index (χ3v) is 5.70. The van der Waals surface area contributed by atoms with Crippen molar-refractivity contribution in [1.29, 1.82) is 0 Å². The van der Waals surface area contributed by atoms with E-state index in [2.05, 4.69) is 20.9 Å². The zero-order chi connectivity index (χ0) is 15.0. The van der Waals surface area contributed by atoms with E-state index in [0.717, 1.165) is 19.8 Å². The maximum atomic E-state index is 12.2. The summed E-state index contributed by atoms with van der Waals surface area (Å²) < 4.78 is 9.10. The van der Waals surface area contributed by atoms with Gasteiger partial charge in [0.05, 0.1) is 26.0 Å². The third kappa shape index (κ3) is 2.81. The Morgan fingerprint density at radius 2 is 2.10 bits per heavy atom. The van der Waals surface area contributed by atoms with Crippen molar-refractivity contribution >= 4 is 54.7 Å². The molecule has 0 aliphatic heterocycles. The number of halogens is 1. The van der Waals surface area contributed by atoms with Gasteiger partial charge in [-0.05, 0) is 46.3 Å². The van der Waals surface area contributed by atoms with Crippen molar-refractivity contribution in [2.75, 3.05) is 7.11 Å². The molecule has 0 fully saturated rings. The van der Waals surface area contributed by atoms with E-state index in [-0.39, 0.29) is 5.91 Å². The summed E-state index contributed by atoms with van der Waals surface area (Å²) in [4.78, 5) is 17.7. The molecule has 0 radical (unpaired) electrons. The normalized spacial score (nSPS) is 12.0. The van der Waals surface area contributed by atoms with Gasteiger partial charge in [-0.15, -0.1) is 11.3 Å². The van der Waals surface area contributed by atoms with Gasteiger partial charge in [-0.1, -0.05) is 11.3 Å². The lowest BCUT2D eigenvalue weighted by Gasteiger charge is -1.99. The van der Waals surface area contributed by atoms with Gasteiger partial charge in [-0.3, -0.25) is 4.79 Å². The minimum Gasteiger partial charge on any atom is -0.497 e. The molecule has 0 atom stereocenters. The predicted octanol–water partition coefficient (Wildman–Crippen LogP) is 3.81. The zero-order valence-electron chi connectivity index (χ0n) is 11.3. The number of amides is 1. The van der Waals surface area contributed by atoms with Crippen molar-refractivity contribution in [2.24, 2.45) is 12.0 Å². The first kappa shape index (κ1) is 14.5. The average Bonchev–Trinajstić information content (AvgIpc) is 3.03. The molecule has 21 heavy (non-hydrogen) atoms. The summed E-state index contributed by atoms with van der Waals surface area (Å²) in [7, 11) is 3.54. The van der Waals surface area contributed by atoms with E-state index in [9.17, 15) is 4.79 Å². The molecule has 2 aromatic heterocycles. The van der Waals surface area contributed by atoms with Gasteiger partial charge < -0.3 is 9.30 Å². The smallest absolute Gasteiger partial charge is 0.289 e. The molecule has 2 heterocycles. The maximum absolute atomic E-state index is 12.2. The van der Waals surface area contributed by atoms with E-state index in [1.54, 1.807) is 13.2 Å². The lowest BCUT2D eigenvalue weighted by Crippen LogP contribution is -2.12. The molecule has 0 N–H and O–H groups in total. The summed E-state index contributed by atoms with van der Waals surface area (Å²) in [6.07, 6.45) is 0. The molecule has 0 saturated heterocycles. The van der Waals surface area contributed by atoms with Gasteiger partial charge in [0.25, 0.3) is 5.91 Å². The lowest BCUT2D eigenvalue weighted by atomic mass is 10.3. The molecule has 0 bridgehead atoms. The molecule has 1 amide bonds. The van der Waals surface area contributed by atoms with E-state index in [1.807, 2.05) is 35.9 Å². The minimum atomic E-state index is -0.222. The van der Waals surface area contributed by atoms with Crippen LogP contribution in [0.5, 0.6) is 5.75 Å². The second-order valence-corrected chi connectivity index (χ2v) is 7.77. The number of benzene rings is 1. The van der Waals surface area contributed by atoms with Gasteiger partial charge in [0.15, 0.2) is 4.80 Å². The number of methoxy groups -OCH3 is 1. The number of aryl methyl sites for hydroxylation is 1. The summed E-state index contributed by atoms with van der Waals surface area (Å²) in [6, 6.07) is 9.44. The van der Waals surface area contributed by atoms with Gasteiger partial charge in [-0.25, -0.2) is 0 Å². The first-order chi connectivity index (χ1) is 10.1. The molecule has 0 aliphatic carbocycles. The number of rotatable bonds is 2. The average molecular weight is 383 g/mol. The van der Waals surface area contributed by atoms with E-state index in [1.165, 1.54) is 22.7 Å². The molecular weight excluding hydrogens is 372 g/mol. The summed E-state index contributed by atoms with van der Waals surface area (Å²) in [5.74, 6) is 0.573. The minimum absolute atomic E-state index is 0.222. The van der Waals surface area contributed by atoms with Crippen molar-refractivity contribution in [1.82, 2.24) is 4.57 Å². The molecule has 3 rings (SSSR count). The fourth-order valence-electron chi connectivity index (χ4n) is 1.92. The van der Waals surface area contributed by atoms with Crippen LogP contribution in [-0.4, -0.2) is 17.6 Å². The Balaban J connectivity index is 2.09. The van der Waals surface area contributed by atoms with Crippen molar-refractivity contribution in [3.63, 3.8) is 0 Å². The molecule has 0 saturated carbocycles. The molecule has 4 nitrogen and oxygen atoms in total. The summed E-state index contributed by atoms with van der Waals surface area (Å²) in [5.41, 5.74) is 1.03. The Hall–Kier alpha value is -1.44. The molecule has 0 spiro atoms. The number of nitrogens with zero attached hydrogens (tertiary/aromatic N) is 2. The van der Waals surface area contributed by atoms with Gasteiger partial charge in [0, 0.05) is 7.05 Å². The van der Waals surface area contributed by atoms with E-state index in [4.69, 9.17) is 4.74 Å². The Morgan fingerprint density at radius 3 is 2.76 bits per heavy atom. The Labute approximate surface area is 137 Å². The van der Waals surface area contributed by atoms with Gasteiger partial charge in [-0.2, -0.15) is 4.99 Å². The Kier molecular flexibility index (Phi) is 3.97. The lowest BCUT2D eigenvalue weighted by molar-refractivity contribution is 0.100. The van der Waals surface area contributed by atoms with Gasteiger partial charge >= 0.3 is 0 Å². The number of carbonyl (C=O) groups is 1. The highest BCUT2D eigenvalue weighted by molar-refractivity contribution is 9.11. The van der Waals surface area contributed by atoms with Gasteiger partial charge in [0.1, 0.15) is 5.75 Å². The topological polar surface area (TPSA) is 43.6 Å². The highest BCUT2D eigenvalue weighted by Gasteiger charge is 2.09. The van der Waals surface area contributed by atoms with Crippen molar-refractivity contribution in [2.45, 2.75) is 0 Å². The van der Waals surface area contributed by atoms with Crippen LogP contribution in [0.15, 0.2) is 39.1 Å². The highest BCUT2D eigenvalue weighted by Crippen LogP contribution is 2.24. The number of hydrogen-bond acceptors (Lipinski definition) is 4. The monoisotopic (exact) mass is 382 g/mol. The van der Waals surface area contributed by atoms with Crippen molar-refractivity contribution in [3.05, 3.63) is 43.8 Å². The number of ether oxygens (including phenoxy) is 1. The second-order valence-electron chi connectivity index (χ2n) is 4.30. The number of carbonyl (C=O) groups excluding carboxylic acids is 1. The molecular formula is C14H11BrN2O2S2. The predicted molar refractivity (Wildman–Crippen MR) is 89.3 cm³/mol. The van der Waals surface area contributed by atoms with E-state index >= 15 is 0 Å². The largest absolute Gasteiger partial charge is 0.497 e. The first-order valence-electron chi connectivity index (χ1n) is 6.06. The number of thiazole rings is 1. The second kappa shape index (κ2) is 5.75. The van der Waals surface area contributed by atoms with Crippen LogP contribution >= 0.6 is 38.6 Å². The summed E-state index contributed by atoms with van der Waals surface area (Å²) in [6.45, 7) is 0. The highest BCUT2D eigenvalue weighted by atomic mass is 79.9. The molecule has 7 heteroatoms. The zero-order valence-corrected chi connectivity index (χ0v) is 14.5. The van der Waals surface area contributed by atoms with Crippen LogP contribution in [-0.2, 0) is 7.05 Å². The maximum Gasteiger partial charge on any atom is 0.289 e. The first-order valence-corrected chi connectivity index (χ1v) is 8.49. The van der Waals surface area contributed by atoms with Gasteiger partial charge in [0.2, 0.25) is 0 Å². The van der Waals surface area contributed by atoms with Crippen molar-refractivity contribution in [3.8, 4) is 5.75 Å². The molecule has 1 aromatic carbocycles. The number of hydrogen-bond donors (Lipinski definition) is 0. The van der Waals surface area contributed by atoms with Crippen LogP contribution in [0, 0.1) is 0 Å². The molecule has 108 valence electrons. The summed E-state index contributed by atoms with van der Waals surface area (Å²) >= 11 is 6.21. The fourth-order valence-corrected chi connectivity index (χ4v) is 4.23. The van der Waals surface area contributed by atoms with Crippen LogP contribution in [0.1, 0.15) is 9.67 Å². The Morgan fingerprint density at radius 1 is 1.29 bits per heavy atom. The number of thiophene rings is 1. The quantitative estimate of drug-likeness (QED) is 0.676. The van der Waals surface area contributed by atoms with Crippen LogP contribution in [0.2, 0.25) is 0 Å². The van der Waals surface area contributed by atoms with Crippen LogP contribution < -0.4 is 9.54 Å². The number of aromatic nitrogens is 1.